The number of hydrogen-bond donors (Lipinski definition) is 2. The molecule has 108 valence electrons. The minimum atomic E-state index is -0.541. The number of aromatic hydroxyl groups is 1. The van der Waals surface area contributed by atoms with Crippen molar-refractivity contribution in [2.45, 2.75) is 26.8 Å². The van der Waals surface area contributed by atoms with Crippen LogP contribution in [0.15, 0.2) is 12.1 Å². The van der Waals surface area contributed by atoms with Gasteiger partial charge in [0.05, 0.1) is 18.1 Å². The lowest BCUT2D eigenvalue weighted by molar-refractivity contribution is -0.385. The van der Waals surface area contributed by atoms with Gasteiger partial charge in [-0.1, -0.05) is 20.8 Å². The molecule has 3 N–H and O–H groups in total. The summed E-state index contributed by atoms with van der Waals surface area (Å²) in [6.07, 6.45) is 0. The first-order valence-corrected chi connectivity index (χ1v) is 5.49. The van der Waals surface area contributed by atoms with Gasteiger partial charge in [0.15, 0.2) is 11.5 Å². The number of nitro groups is 1. The maximum absolute atomic E-state index is 10.8. The summed E-state index contributed by atoms with van der Waals surface area (Å²) < 4.78 is 4.93. The second-order valence-corrected chi connectivity index (χ2v) is 5.19. The van der Waals surface area contributed by atoms with Crippen LogP contribution in [0.3, 0.4) is 0 Å². The maximum Gasteiger partial charge on any atom is 0.273 e. The first-order valence-electron chi connectivity index (χ1n) is 5.49. The van der Waals surface area contributed by atoms with Gasteiger partial charge in [-0.3, -0.25) is 10.1 Å². The van der Waals surface area contributed by atoms with Gasteiger partial charge in [0.2, 0.25) is 0 Å². The Morgan fingerprint density at radius 2 is 1.95 bits per heavy atom. The van der Waals surface area contributed by atoms with Crippen LogP contribution in [0, 0.1) is 15.5 Å². The highest BCUT2D eigenvalue weighted by Gasteiger charge is 2.28. The molecular weight excluding hydrogens is 272 g/mol. The summed E-state index contributed by atoms with van der Waals surface area (Å²) in [6, 6.07) is 1.92. The Hall–Kier alpha value is -1.53. The number of hydrogen-bond acceptors (Lipinski definition) is 5. The predicted octanol–water partition coefficient (Wildman–Crippen LogP) is 2.78. The fraction of sp³-hybridized carbons (Fsp3) is 0.500. The lowest BCUT2D eigenvalue weighted by atomic mass is 9.82. The molecule has 1 atom stereocenters. The molecule has 0 amide bonds. The van der Waals surface area contributed by atoms with Crippen molar-refractivity contribution >= 4 is 18.1 Å². The Balaban J connectivity index is 0.00000324. The van der Waals surface area contributed by atoms with E-state index in [1.54, 1.807) is 0 Å². The van der Waals surface area contributed by atoms with Crippen LogP contribution in [0.25, 0.3) is 0 Å². The van der Waals surface area contributed by atoms with Gasteiger partial charge < -0.3 is 15.6 Å². The Morgan fingerprint density at radius 1 is 1.42 bits per heavy atom. The Labute approximate surface area is 118 Å². The third-order valence-electron chi connectivity index (χ3n) is 2.79. The van der Waals surface area contributed by atoms with E-state index in [9.17, 15) is 15.2 Å². The maximum atomic E-state index is 10.8. The summed E-state index contributed by atoms with van der Waals surface area (Å²) in [5.74, 6) is -0.0931. The molecule has 0 saturated carbocycles. The summed E-state index contributed by atoms with van der Waals surface area (Å²) in [7, 11) is 1.34. The van der Waals surface area contributed by atoms with Gasteiger partial charge in [-0.2, -0.15) is 0 Å². The van der Waals surface area contributed by atoms with E-state index in [1.807, 2.05) is 20.8 Å². The van der Waals surface area contributed by atoms with Crippen molar-refractivity contribution < 1.29 is 14.8 Å². The number of phenolic OH excluding ortho intramolecular Hbond substituents is 1. The van der Waals surface area contributed by atoms with Gasteiger partial charge in [0, 0.05) is 17.7 Å². The molecule has 0 aliphatic carbocycles. The highest BCUT2D eigenvalue weighted by Crippen LogP contribution is 2.42. The average Bonchev–Trinajstić information content (AvgIpc) is 2.26. The van der Waals surface area contributed by atoms with E-state index in [0.29, 0.717) is 5.56 Å². The van der Waals surface area contributed by atoms with Crippen molar-refractivity contribution in [2.24, 2.45) is 11.1 Å². The van der Waals surface area contributed by atoms with Crippen molar-refractivity contribution in [3.05, 3.63) is 27.8 Å². The summed E-state index contributed by atoms with van der Waals surface area (Å²) in [5.41, 5.74) is 5.85. The van der Waals surface area contributed by atoms with Crippen molar-refractivity contribution in [1.29, 1.82) is 0 Å². The second-order valence-electron chi connectivity index (χ2n) is 5.19. The number of nitrogens with zero attached hydrogens (tertiary/aromatic N) is 1. The SMILES string of the molecule is COc1cc([N+](=O)[O-])cc([C@@H](N)C(C)(C)C)c1O.Cl. The van der Waals surface area contributed by atoms with Crippen molar-refractivity contribution in [3.63, 3.8) is 0 Å². The minimum Gasteiger partial charge on any atom is -0.504 e. The molecule has 1 aromatic rings. The van der Waals surface area contributed by atoms with Crippen LogP contribution in [-0.2, 0) is 0 Å². The van der Waals surface area contributed by atoms with Crippen LogP contribution in [0.1, 0.15) is 32.4 Å². The molecule has 0 heterocycles. The minimum absolute atomic E-state index is 0. The molecule has 0 aliphatic rings. The zero-order valence-corrected chi connectivity index (χ0v) is 12.2. The summed E-state index contributed by atoms with van der Waals surface area (Å²) >= 11 is 0. The number of rotatable bonds is 3. The highest BCUT2D eigenvalue weighted by molar-refractivity contribution is 5.85. The van der Waals surface area contributed by atoms with E-state index in [0.717, 1.165) is 0 Å². The van der Waals surface area contributed by atoms with Crippen molar-refractivity contribution in [2.75, 3.05) is 7.11 Å². The number of non-ortho nitro benzene ring substituents is 1. The van der Waals surface area contributed by atoms with Crippen LogP contribution < -0.4 is 10.5 Å². The normalized spacial score (nSPS) is 12.5. The van der Waals surface area contributed by atoms with E-state index in [2.05, 4.69) is 0 Å². The standard InChI is InChI=1S/C12H18N2O4.ClH/c1-12(2,3)11(13)8-5-7(14(16)17)6-9(18-4)10(8)15;/h5-6,11,15H,13H2,1-4H3;1H/t11-;/m1./s1. The second kappa shape index (κ2) is 6.08. The summed E-state index contributed by atoms with van der Waals surface area (Å²) in [4.78, 5) is 10.3. The van der Waals surface area contributed by atoms with Crippen LogP contribution in [0.4, 0.5) is 5.69 Å². The number of halogens is 1. The third kappa shape index (κ3) is 3.71. The van der Waals surface area contributed by atoms with Crippen LogP contribution >= 0.6 is 12.4 Å². The van der Waals surface area contributed by atoms with Crippen LogP contribution in [0.2, 0.25) is 0 Å². The number of nitrogens with two attached hydrogens (primary N) is 1. The molecule has 0 unspecified atom stereocenters. The molecule has 0 fully saturated rings. The number of methoxy groups -OCH3 is 1. The lowest BCUT2D eigenvalue weighted by Gasteiger charge is -2.28. The molecule has 0 aromatic heterocycles. The molecule has 7 heteroatoms. The van der Waals surface area contributed by atoms with Gasteiger partial charge in [-0.15, -0.1) is 12.4 Å². The zero-order valence-electron chi connectivity index (χ0n) is 11.3. The molecule has 0 aliphatic heterocycles. The van der Waals surface area contributed by atoms with E-state index in [1.165, 1.54) is 19.2 Å². The Kier molecular flexibility index (Phi) is 5.59. The Bertz CT molecular complexity index is 472. The smallest absolute Gasteiger partial charge is 0.273 e. The van der Waals surface area contributed by atoms with Crippen LogP contribution in [0.5, 0.6) is 11.5 Å². The van der Waals surface area contributed by atoms with E-state index in [4.69, 9.17) is 10.5 Å². The summed E-state index contributed by atoms with van der Waals surface area (Å²) in [6.45, 7) is 5.67. The van der Waals surface area contributed by atoms with Gasteiger partial charge >= 0.3 is 0 Å². The van der Waals surface area contributed by atoms with E-state index in [-0.39, 0.29) is 35.0 Å². The molecule has 1 aromatic carbocycles. The van der Waals surface area contributed by atoms with Crippen molar-refractivity contribution in [3.8, 4) is 11.5 Å². The predicted molar refractivity (Wildman–Crippen MR) is 74.9 cm³/mol. The average molecular weight is 291 g/mol. The molecule has 19 heavy (non-hydrogen) atoms. The number of ether oxygens (including phenoxy) is 1. The molecule has 0 radical (unpaired) electrons. The Morgan fingerprint density at radius 3 is 2.32 bits per heavy atom. The van der Waals surface area contributed by atoms with Crippen LogP contribution in [-0.4, -0.2) is 17.1 Å². The van der Waals surface area contributed by atoms with Crippen molar-refractivity contribution in [1.82, 2.24) is 0 Å². The van der Waals surface area contributed by atoms with E-state index < -0.39 is 11.0 Å². The molecular formula is C12H19ClN2O4. The molecule has 0 bridgehead atoms. The number of benzene rings is 1. The third-order valence-corrected chi connectivity index (χ3v) is 2.79. The number of phenols is 1. The quantitative estimate of drug-likeness (QED) is 0.659. The molecule has 1 rings (SSSR count). The summed E-state index contributed by atoms with van der Waals surface area (Å²) in [5, 5.41) is 20.8. The first-order chi connectivity index (χ1) is 8.18. The zero-order chi connectivity index (χ0) is 14.1. The highest BCUT2D eigenvalue weighted by atomic mass is 35.5. The fourth-order valence-corrected chi connectivity index (χ4v) is 1.58. The van der Waals surface area contributed by atoms with Gasteiger partial charge in [0.25, 0.3) is 5.69 Å². The molecule has 6 nitrogen and oxygen atoms in total. The van der Waals surface area contributed by atoms with Gasteiger partial charge in [0.1, 0.15) is 0 Å². The fourth-order valence-electron chi connectivity index (χ4n) is 1.58. The monoisotopic (exact) mass is 290 g/mol. The lowest BCUT2D eigenvalue weighted by Crippen LogP contribution is -2.26. The van der Waals surface area contributed by atoms with E-state index >= 15 is 0 Å². The number of nitro benzene ring substituents is 1. The van der Waals surface area contributed by atoms with Gasteiger partial charge in [-0.25, -0.2) is 0 Å². The largest absolute Gasteiger partial charge is 0.504 e. The molecule has 0 saturated heterocycles. The topological polar surface area (TPSA) is 98.6 Å². The molecule has 0 spiro atoms. The first kappa shape index (κ1) is 17.5. The van der Waals surface area contributed by atoms with Gasteiger partial charge in [-0.05, 0) is 5.41 Å².